The summed E-state index contributed by atoms with van der Waals surface area (Å²) in [6, 6.07) is 3.85. The van der Waals surface area contributed by atoms with Gasteiger partial charge in [0.05, 0.1) is 25.7 Å². The molecule has 4 rings (SSSR count). The quantitative estimate of drug-likeness (QED) is 0.794. The minimum atomic E-state index is -0.0323. The Balaban J connectivity index is 1.37. The van der Waals surface area contributed by atoms with Crippen LogP contribution >= 0.6 is 0 Å². The van der Waals surface area contributed by atoms with Crippen molar-refractivity contribution in [1.82, 2.24) is 24.9 Å². The van der Waals surface area contributed by atoms with E-state index in [4.69, 9.17) is 9.26 Å². The van der Waals surface area contributed by atoms with Crippen molar-refractivity contribution < 1.29 is 14.1 Å². The summed E-state index contributed by atoms with van der Waals surface area (Å²) in [5, 5.41) is 4.08. The van der Waals surface area contributed by atoms with Crippen LogP contribution in [0.25, 0.3) is 0 Å². The van der Waals surface area contributed by atoms with Gasteiger partial charge in [-0.25, -0.2) is 0 Å². The number of aromatic nitrogens is 3. The number of nitrogens with zero attached hydrogens (tertiary/aromatic N) is 5. The largest absolute Gasteiger partial charge is 0.379 e. The van der Waals surface area contributed by atoms with Crippen LogP contribution in [0.1, 0.15) is 29.6 Å². The third kappa shape index (κ3) is 3.85. The summed E-state index contributed by atoms with van der Waals surface area (Å²) in [6.45, 7) is 5.07. The van der Waals surface area contributed by atoms with Gasteiger partial charge < -0.3 is 14.2 Å². The number of carbonyl (C=O) groups is 1. The van der Waals surface area contributed by atoms with Crippen LogP contribution in [0.4, 0.5) is 0 Å². The average Bonchev–Trinajstić information content (AvgIpc) is 3.24. The van der Waals surface area contributed by atoms with E-state index < -0.39 is 0 Å². The number of pyridine rings is 1. The van der Waals surface area contributed by atoms with Gasteiger partial charge in [0.2, 0.25) is 11.8 Å². The minimum absolute atomic E-state index is 0.0323. The third-order valence-corrected chi connectivity index (χ3v) is 4.61. The maximum absolute atomic E-state index is 12.3. The van der Waals surface area contributed by atoms with Crippen molar-refractivity contribution >= 4 is 5.91 Å². The fourth-order valence-corrected chi connectivity index (χ4v) is 3.26. The first-order valence-electron chi connectivity index (χ1n) is 8.57. The molecule has 2 fully saturated rings. The number of hydrogen-bond donors (Lipinski definition) is 0. The van der Waals surface area contributed by atoms with E-state index in [0.29, 0.717) is 37.8 Å². The zero-order chi connectivity index (χ0) is 17.1. The molecule has 0 aliphatic carbocycles. The molecule has 2 aromatic rings. The van der Waals surface area contributed by atoms with Crippen LogP contribution in [0.3, 0.4) is 0 Å². The van der Waals surface area contributed by atoms with E-state index >= 15 is 0 Å². The molecule has 2 saturated heterocycles. The third-order valence-electron chi connectivity index (χ3n) is 4.61. The Kier molecular flexibility index (Phi) is 4.71. The van der Waals surface area contributed by atoms with Crippen molar-refractivity contribution in [1.29, 1.82) is 0 Å². The highest BCUT2D eigenvalue weighted by atomic mass is 16.5. The molecule has 2 aliphatic heterocycles. The Labute approximate surface area is 145 Å². The molecule has 8 nitrogen and oxygen atoms in total. The molecule has 0 aromatic carbocycles. The number of carbonyl (C=O) groups excluding carboxylic acids is 1. The zero-order valence-corrected chi connectivity index (χ0v) is 14.0. The van der Waals surface area contributed by atoms with Gasteiger partial charge in [-0.15, -0.1) is 0 Å². The van der Waals surface area contributed by atoms with Gasteiger partial charge in [-0.2, -0.15) is 4.98 Å². The molecule has 0 N–H and O–H groups in total. The summed E-state index contributed by atoms with van der Waals surface area (Å²) in [7, 11) is 0. The molecular weight excluding hydrogens is 322 g/mol. The lowest BCUT2D eigenvalue weighted by Gasteiger charge is -2.24. The van der Waals surface area contributed by atoms with Crippen LogP contribution in [0, 0.1) is 0 Å². The Hall–Kier alpha value is -2.32. The van der Waals surface area contributed by atoms with Crippen molar-refractivity contribution in [2.75, 3.05) is 32.8 Å². The molecular formula is C17H21N5O3. The van der Waals surface area contributed by atoms with E-state index in [0.717, 1.165) is 31.9 Å². The second-order valence-corrected chi connectivity index (χ2v) is 6.47. The molecule has 25 heavy (non-hydrogen) atoms. The number of amides is 1. The van der Waals surface area contributed by atoms with Crippen LogP contribution in [0.5, 0.6) is 0 Å². The SMILES string of the molecule is O=C1C[C@H](c2nc(CN3CCOCC3)no2)CN1Cc1cccnc1. The van der Waals surface area contributed by atoms with Crippen molar-refractivity contribution in [2.24, 2.45) is 0 Å². The number of morpholine rings is 1. The summed E-state index contributed by atoms with van der Waals surface area (Å²) >= 11 is 0. The molecule has 132 valence electrons. The van der Waals surface area contributed by atoms with Gasteiger partial charge in [0.15, 0.2) is 5.82 Å². The predicted molar refractivity (Wildman–Crippen MR) is 87.4 cm³/mol. The molecule has 1 amide bonds. The summed E-state index contributed by atoms with van der Waals surface area (Å²) < 4.78 is 10.8. The number of rotatable bonds is 5. The first-order valence-corrected chi connectivity index (χ1v) is 8.57. The molecule has 1 atom stereocenters. The highest BCUT2D eigenvalue weighted by Gasteiger charge is 2.34. The monoisotopic (exact) mass is 343 g/mol. The first kappa shape index (κ1) is 16.2. The lowest BCUT2D eigenvalue weighted by molar-refractivity contribution is -0.128. The highest BCUT2D eigenvalue weighted by Crippen LogP contribution is 2.28. The second-order valence-electron chi connectivity index (χ2n) is 6.47. The molecule has 0 saturated carbocycles. The van der Waals surface area contributed by atoms with Gasteiger partial charge in [0.1, 0.15) is 0 Å². The van der Waals surface area contributed by atoms with Crippen LogP contribution < -0.4 is 0 Å². The standard InChI is InChI=1S/C17H21N5O3/c23-16-8-14(11-22(16)10-13-2-1-3-18-9-13)17-19-15(20-25-17)12-21-4-6-24-7-5-21/h1-3,9,14H,4-8,10-12H2/t14-/m0/s1. The van der Waals surface area contributed by atoms with Crippen LogP contribution in [-0.2, 0) is 22.6 Å². The smallest absolute Gasteiger partial charge is 0.232 e. The van der Waals surface area contributed by atoms with E-state index in [-0.39, 0.29) is 11.8 Å². The van der Waals surface area contributed by atoms with E-state index in [2.05, 4.69) is 20.0 Å². The Morgan fingerprint density at radius 1 is 1.24 bits per heavy atom. The topological polar surface area (TPSA) is 84.6 Å². The molecule has 0 radical (unpaired) electrons. The lowest BCUT2D eigenvalue weighted by Crippen LogP contribution is -2.35. The van der Waals surface area contributed by atoms with Gasteiger partial charge in [-0.1, -0.05) is 11.2 Å². The van der Waals surface area contributed by atoms with Crippen molar-refractivity contribution in [2.45, 2.75) is 25.4 Å². The fourth-order valence-electron chi connectivity index (χ4n) is 3.26. The number of hydrogen-bond acceptors (Lipinski definition) is 7. The molecule has 0 bridgehead atoms. The fraction of sp³-hybridized carbons (Fsp3) is 0.529. The Morgan fingerprint density at radius 3 is 2.92 bits per heavy atom. The summed E-state index contributed by atoms with van der Waals surface area (Å²) in [5.74, 6) is 1.32. The number of likely N-dealkylation sites (tertiary alicyclic amines) is 1. The van der Waals surface area contributed by atoms with Gasteiger partial charge in [0.25, 0.3) is 0 Å². The van der Waals surface area contributed by atoms with Crippen molar-refractivity contribution in [3.05, 3.63) is 41.8 Å². The molecule has 4 heterocycles. The molecule has 8 heteroatoms. The minimum Gasteiger partial charge on any atom is -0.379 e. The maximum Gasteiger partial charge on any atom is 0.232 e. The lowest BCUT2D eigenvalue weighted by atomic mass is 10.1. The van der Waals surface area contributed by atoms with E-state index in [1.807, 2.05) is 17.0 Å². The van der Waals surface area contributed by atoms with E-state index in [1.54, 1.807) is 12.4 Å². The Morgan fingerprint density at radius 2 is 2.12 bits per heavy atom. The maximum atomic E-state index is 12.3. The highest BCUT2D eigenvalue weighted by molar-refractivity contribution is 5.79. The molecule has 0 unspecified atom stereocenters. The summed E-state index contributed by atoms with van der Waals surface area (Å²) in [6.07, 6.45) is 3.93. The zero-order valence-electron chi connectivity index (χ0n) is 14.0. The average molecular weight is 343 g/mol. The normalized spacial score (nSPS) is 21.8. The van der Waals surface area contributed by atoms with Crippen molar-refractivity contribution in [3.8, 4) is 0 Å². The van der Waals surface area contributed by atoms with E-state index in [9.17, 15) is 4.79 Å². The van der Waals surface area contributed by atoms with Gasteiger partial charge >= 0.3 is 0 Å². The Bertz CT molecular complexity index is 714. The van der Waals surface area contributed by atoms with Crippen LogP contribution in [0.15, 0.2) is 29.0 Å². The molecule has 2 aromatic heterocycles. The summed E-state index contributed by atoms with van der Waals surface area (Å²) in [5.41, 5.74) is 1.02. The second kappa shape index (κ2) is 7.28. The number of ether oxygens (including phenoxy) is 1. The summed E-state index contributed by atoms with van der Waals surface area (Å²) in [4.78, 5) is 25.0. The van der Waals surface area contributed by atoms with Crippen LogP contribution in [0.2, 0.25) is 0 Å². The van der Waals surface area contributed by atoms with Crippen LogP contribution in [-0.4, -0.2) is 63.7 Å². The first-order chi connectivity index (χ1) is 12.3. The van der Waals surface area contributed by atoms with Gasteiger partial charge in [-0.05, 0) is 11.6 Å². The predicted octanol–water partition coefficient (Wildman–Crippen LogP) is 0.813. The van der Waals surface area contributed by atoms with E-state index in [1.165, 1.54) is 0 Å². The van der Waals surface area contributed by atoms with Crippen molar-refractivity contribution in [3.63, 3.8) is 0 Å². The van der Waals surface area contributed by atoms with Gasteiger partial charge in [0, 0.05) is 45.0 Å². The van der Waals surface area contributed by atoms with Gasteiger partial charge in [-0.3, -0.25) is 14.7 Å². The molecule has 2 aliphatic rings. The molecule has 0 spiro atoms.